The van der Waals surface area contributed by atoms with Crippen molar-refractivity contribution in [1.29, 1.82) is 0 Å². The first-order chi connectivity index (χ1) is 10.0. The van der Waals surface area contributed by atoms with Gasteiger partial charge in [-0.15, -0.1) is 11.3 Å². The molecule has 0 spiro atoms. The van der Waals surface area contributed by atoms with Crippen molar-refractivity contribution in [3.05, 3.63) is 29.1 Å². The molecule has 1 saturated heterocycles. The summed E-state index contributed by atoms with van der Waals surface area (Å²) >= 11 is 1.44. The van der Waals surface area contributed by atoms with Crippen LogP contribution in [0.15, 0.2) is 24.3 Å². The standard InChI is InChI=1S/C16H19NO3S/c1-9-5-13(6-10(2)19-9)20-16(18)15-8-11-7-12(17)3-4-14(11)21-15/h3-4,7-10,13H,5-6,17H2,1-2H3. The maximum absolute atomic E-state index is 12.3. The van der Waals surface area contributed by atoms with Crippen molar-refractivity contribution in [3.63, 3.8) is 0 Å². The highest BCUT2D eigenvalue weighted by Crippen LogP contribution is 2.29. The highest BCUT2D eigenvalue weighted by atomic mass is 32.1. The molecule has 2 N–H and O–H groups in total. The van der Waals surface area contributed by atoms with Gasteiger partial charge in [0.15, 0.2) is 0 Å². The third-order valence-electron chi connectivity index (χ3n) is 3.67. The Labute approximate surface area is 127 Å². The van der Waals surface area contributed by atoms with E-state index in [9.17, 15) is 4.79 Å². The number of nitrogens with two attached hydrogens (primary N) is 1. The molecule has 1 fully saturated rings. The summed E-state index contributed by atoms with van der Waals surface area (Å²) in [5, 5.41) is 0.987. The number of rotatable bonds is 2. The van der Waals surface area contributed by atoms with Gasteiger partial charge in [-0.25, -0.2) is 4.79 Å². The van der Waals surface area contributed by atoms with Crippen molar-refractivity contribution in [2.45, 2.75) is 45.0 Å². The van der Waals surface area contributed by atoms with Crippen molar-refractivity contribution in [1.82, 2.24) is 0 Å². The van der Waals surface area contributed by atoms with Crippen LogP contribution in [0, 0.1) is 0 Å². The Morgan fingerprint density at radius 2 is 2.00 bits per heavy atom. The van der Waals surface area contributed by atoms with Crippen molar-refractivity contribution in [2.24, 2.45) is 0 Å². The van der Waals surface area contributed by atoms with E-state index in [2.05, 4.69) is 0 Å². The van der Waals surface area contributed by atoms with Crippen LogP contribution in [-0.4, -0.2) is 24.3 Å². The topological polar surface area (TPSA) is 61.5 Å². The van der Waals surface area contributed by atoms with E-state index in [4.69, 9.17) is 15.2 Å². The molecule has 4 nitrogen and oxygen atoms in total. The number of nitrogen functional groups attached to an aromatic ring is 1. The van der Waals surface area contributed by atoms with Crippen molar-refractivity contribution < 1.29 is 14.3 Å². The fourth-order valence-corrected chi connectivity index (χ4v) is 3.74. The summed E-state index contributed by atoms with van der Waals surface area (Å²) in [5.41, 5.74) is 6.46. The molecule has 0 aliphatic carbocycles. The number of anilines is 1. The molecular weight excluding hydrogens is 286 g/mol. The SMILES string of the molecule is CC1CC(OC(=O)c2cc3cc(N)ccc3s2)CC(C)O1. The molecule has 0 radical (unpaired) electrons. The molecule has 1 aromatic heterocycles. The number of carbonyl (C=O) groups is 1. The van der Waals surface area contributed by atoms with Gasteiger partial charge in [0.05, 0.1) is 12.2 Å². The van der Waals surface area contributed by atoms with Crippen LogP contribution in [0.3, 0.4) is 0 Å². The normalized spacial score (nSPS) is 25.9. The van der Waals surface area contributed by atoms with Gasteiger partial charge in [0.2, 0.25) is 0 Å². The van der Waals surface area contributed by atoms with Crippen molar-refractivity contribution in [2.75, 3.05) is 5.73 Å². The molecular formula is C16H19NO3S. The Kier molecular flexibility index (Phi) is 3.87. The number of benzene rings is 1. The zero-order chi connectivity index (χ0) is 15.0. The van der Waals surface area contributed by atoms with E-state index in [-0.39, 0.29) is 24.3 Å². The zero-order valence-corrected chi connectivity index (χ0v) is 13.0. The van der Waals surface area contributed by atoms with Gasteiger partial charge in [0, 0.05) is 23.2 Å². The fourth-order valence-electron chi connectivity index (χ4n) is 2.81. The highest BCUT2D eigenvalue weighted by Gasteiger charge is 2.28. The molecule has 2 heterocycles. The lowest BCUT2D eigenvalue weighted by Crippen LogP contribution is -2.35. The lowest BCUT2D eigenvalue weighted by Gasteiger charge is -2.31. The van der Waals surface area contributed by atoms with Gasteiger partial charge in [-0.2, -0.15) is 0 Å². The minimum Gasteiger partial charge on any atom is -0.458 e. The van der Waals surface area contributed by atoms with E-state index in [1.165, 1.54) is 11.3 Å². The first-order valence-corrected chi connectivity index (χ1v) is 7.98. The minimum atomic E-state index is -0.249. The summed E-state index contributed by atoms with van der Waals surface area (Å²) in [7, 11) is 0. The van der Waals surface area contributed by atoms with Gasteiger partial charge < -0.3 is 15.2 Å². The van der Waals surface area contributed by atoms with E-state index in [1.54, 1.807) is 0 Å². The van der Waals surface area contributed by atoms with Gasteiger partial charge >= 0.3 is 5.97 Å². The van der Waals surface area contributed by atoms with Crippen LogP contribution >= 0.6 is 11.3 Å². The Bertz CT molecular complexity index is 657. The number of carbonyl (C=O) groups excluding carboxylic acids is 1. The van der Waals surface area contributed by atoms with Crippen LogP contribution in [0.25, 0.3) is 10.1 Å². The maximum Gasteiger partial charge on any atom is 0.348 e. The molecule has 21 heavy (non-hydrogen) atoms. The van der Waals surface area contributed by atoms with Crippen LogP contribution in [-0.2, 0) is 9.47 Å². The molecule has 2 unspecified atom stereocenters. The Morgan fingerprint density at radius 1 is 1.29 bits per heavy atom. The fraction of sp³-hybridized carbons (Fsp3) is 0.438. The van der Waals surface area contributed by atoms with E-state index in [0.29, 0.717) is 10.6 Å². The zero-order valence-electron chi connectivity index (χ0n) is 12.2. The molecule has 2 aromatic rings. The first kappa shape index (κ1) is 14.4. The largest absolute Gasteiger partial charge is 0.458 e. The average molecular weight is 305 g/mol. The van der Waals surface area contributed by atoms with Crippen molar-refractivity contribution in [3.8, 4) is 0 Å². The van der Waals surface area contributed by atoms with Gasteiger partial charge in [-0.05, 0) is 43.5 Å². The van der Waals surface area contributed by atoms with Crippen LogP contribution in [0.2, 0.25) is 0 Å². The van der Waals surface area contributed by atoms with Crippen LogP contribution < -0.4 is 5.73 Å². The number of fused-ring (bicyclic) bond motifs is 1. The number of ether oxygens (including phenoxy) is 2. The van der Waals surface area contributed by atoms with Crippen molar-refractivity contribution >= 4 is 33.1 Å². The lowest BCUT2D eigenvalue weighted by atomic mass is 10.0. The van der Waals surface area contributed by atoms with E-state index in [1.807, 2.05) is 38.1 Å². The van der Waals surface area contributed by atoms with Gasteiger partial charge in [-0.1, -0.05) is 0 Å². The summed E-state index contributed by atoms with van der Waals surface area (Å²) < 4.78 is 12.3. The summed E-state index contributed by atoms with van der Waals surface area (Å²) in [6.07, 6.45) is 1.72. The third kappa shape index (κ3) is 3.19. The summed E-state index contributed by atoms with van der Waals surface area (Å²) in [6.45, 7) is 4.03. The summed E-state index contributed by atoms with van der Waals surface area (Å²) in [5.74, 6) is -0.249. The number of thiophene rings is 1. The molecule has 112 valence electrons. The lowest BCUT2D eigenvalue weighted by molar-refractivity contribution is -0.0854. The second-order valence-corrected chi connectivity index (χ2v) is 6.75. The number of hydrogen-bond acceptors (Lipinski definition) is 5. The molecule has 5 heteroatoms. The third-order valence-corrected chi connectivity index (χ3v) is 4.77. The predicted octanol–water partition coefficient (Wildman–Crippen LogP) is 3.60. The average Bonchev–Trinajstić information content (AvgIpc) is 2.80. The van der Waals surface area contributed by atoms with Gasteiger partial charge in [-0.3, -0.25) is 0 Å². The predicted molar refractivity (Wildman–Crippen MR) is 84.7 cm³/mol. The summed E-state index contributed by atoms with van der Waals surface area (Å²) in [6, 6.07) is 7.51. The molecule has 3 rings (SSSR count). The molecule has 0 bridgehead atoms. The quantitative estimate of drug-likeness (QED) is 0.680. The minimum absolute atomic E-state index is 0.0634. The molecule has 1 aliphatic heterocycles. The second-order valence-electron chi connectivity index (χ2n) is 5.66. The Hall–Kier alpha value is -1.59. The molecule has 1 aliphatic rings. The van der Waals surface area contributed by atoms with Crippen LogP contribution in [0.5, 0.6) is 0 Å². The van der Waals surface area contributed by atoms with Gasteiger partial charge in [0.1, 0.15) is 11.0 Å². The van der Waals surface area contributed by atoms with E-state index < -0.39 is 0 Å². The smallest absolute Gasteiger partial charge is 0.348 e. The molecule has 0 saturated carbocycles. The molecule has 0 amide bonds. The monoisotopic (exact) mass is 305 g/mol. The van der Waals surface area contributed by atoms with Crippen LogP contribution in [0.4, 0.5) is 5.69 Å². The van der Waals surface area contributed by atoms with Gasteiger partial charge in [0.25, 0.3) is 0 Å². The Morgan fingerprint density at radius 3 is 2.71 bits per heavy atom. The Balaban J connectivity index is 1.74. The highest BCUT2D eigenvalue weighted by molar-refractivity contribution is 7.20. The first-order valence-electron chi connectivity index (χ1n) is 7.17. The van der Waals surface area contributed by atoms with Crippen LogP contribution in [0.1, 0.15) is 36.4 Å². The maximum atomic E-state index is 12.3. The van der Waals surface area contributed by atoms with E-state index in [0.717, 1.165) is 22.9 Å². The number of esters is 1. The second kappa shape index (κ2) is 5.66. The number of hydrogen-bond donors (Lipinski definition) is 1. The molecule has 2 atom stereocenters. The van der Waals surface area contributed by atoms with E-state index >= 15 is 0 Å². The summed E-state index contributed by atoms with van der Waals surface area (Å²) in [4.78, 5) is 12.9. The molecule has 1 aromatic carbocycles.